The largest absolute Gasteiger partial charge is 0.340 e. The normalized spacial score (nSPS) is 21.2. The van der Waals surface area contributed by atoms with Gasteiger partial charge < -0.3 is 20.4 Å². The third kappa shape index (κ3) is 6.45. The van der Waals surface area contributed by atoms with Crippen molar-refractivity contribution in [2.45, 2.75) is 51.1 Å². The number of carbonyl (C=O) groups excluding carboxylic acids is 2. The van der Waals surface area contributed by atoms with Crippen molar-refractivity contribution in [3.8, 4) is 0 Å². The SMILES string of the molecule is Cc1ccc(C(=O)N[C@@H](CCCN[C@H]2C[C@@H]2c2ccc(C)cc2)C(=O)N2CCN(C)CC2)cc1. The molecule has 0 spiro atoms. The van der Waals surface area contributed by atoms with Gasteiger partial charge in [-0.15, -0.1) is 0 Å². The van der Waals surface area contributed by atoms with E-state index in [1.54, 1.807) is 0 Å². The van der Waals surface area contributed by atoms with Crippen LogP contribution in [0, 0.1) is 13.8 Å². The number of rotatable bonds is 9. The van der Waals surface area contributed by atoms with Gasteiger partial charge in [-0.25, -0.2) is 0 Å². The summed E-state index contributed by atoms with van der Waals surface area (Å²) in [6, 6.07) is 16.3. The maximum absolute atomic E-state index is 13.3. The van der Waals surface area contributed by atoms with Crippen LogP contribution in [0.2, 0.25) is 0 Å². The summed E-state index contributed by atoms with van der Waals surface area (Å²) in [6.45, 7) is 8.12. The lowest BCUT2D eigenvalue weighted by molar-refractivity contribution is -0.135. The molecule has 1 aliphatic carbocycles. The Morgan fingerprint density at radius 2 is 1.56 bits per heavy atom. The molecule has 2 amide bonds. The van der Waals surface area contributed by atoms with Crippen molar-refractivity contribution >= 4 is 11.8 Å². The number of benzene rings is 2. The molecule has 182 valence electrons. The van der Waals surface area contributed by atoms with Crippen molar-refractivity contribution in [1.82, 2.24) is 20.4 Å². The molecule has 2 N–H and O–H groups in total. The molecule has 6 nitrogen and oxygen atoms in total. The van der Waals surface area contributed by atoms with Crippen LogP contribution in [-0.4, -0.2) is 73.5 Å². The van der Waals surface area contributed by atoms with E-state index in [-0.39, 0.29) is 11.8 Å². The quantitative estimate of drug-likeness (QED) is 0.562. The van der Waals surface area contributed by atoms with Crippen molar-refractivity contribution in [3.63, 3.8) is 0 Å². The molecular weight excluding hydrogens is 424 g/mol. The summed E-state index contributed by atoms with van der Waals surface area (Å²) in [4.78, 5) is 30.3. The summed E-state index contributed by atoms with van der Waals surface area (Å²) in [5.74, 6) is 0.448. The zero-order valence-corrected chi connectivity index (χ0v) is 20.7. The van der Waals surface area contributed by atoms with Crippen LogP contribution in [0.5, 0.6) is 0 Å². The highest BCUT2D eigenvalue weighted by Gasteiger charge is 2.37. The standard InChI is InChI=1S/C28H38N4O2/c1-20-6-10-22(11-7-20)24-19-26(24)29-14-4-5-25(28(34)32-17-15-31(3)16-18-32)30-27(33)23-12-8-21(2)9-13-23/h6-13,24-26,29H,4-5,14-19H2,1-3H3,(H,30,33)/t24-,25+,26+/m1/s1. The lowest BCUT2D eigenvalue weighted by Crippen LogP contribution is -2.54. The fraction of sp³-hybridized carbons (Fsp3) is 0.500. The average molecular weight is 463 g/mol. The van der Waals surface area contributed by atoms with Crippen molar-refractivity contribution in [2.24, 2.45) is 0 Å². The molecule has 3 atom stereocenters. The number of nitrogens with zero attached hydrogens (tertiary/aromatic N) is 2. The summed E-state index contributed by atoms with van der Waals surface area (Å²) in [5, 5.41) is 6.68. The molecule has 6 heteroatoms. The molecule has 1 heterocycles. The van der Waals surface area contributed by atoms with E-state index in [1.165, 1.54) is 11.1 Å². The van der Waals surface area contributed by atoms with E-state index in [9.17, 15) is 9.59 Å². The van der Waals surface area contributed by atoms with Gasteiger partial charge in [-0.05, 0) is 64.4 Å². The van der Waals surface area contributed by atoms with Crippen LogP contribution in [0.3, 0.4) is 0 Å². The zero-order valence-electron chi connectivity index (χ0n) is 20.7. The van der Waals surface area contributed by atoms with Gasteiger partial charge in [0, 0.05) is 43.7 Å². The highest BCUT2D eigenvalue weighted by Crippen LogP contribution is 2.40. The molecule has 0 unspecified atom stereocenters. The van der Waals surface area contributed by atoms with Gasteiger partial charge in [-0.2, -0.15) is 0 Å². The summed E-state index contributed by atoms with van der Waals surface area (Å²) in [6.07, 6.45) is 2.64. The third-order valence-corrected chi connectivity index (χ3v) is 7.10. The highest BCUT2D eigenvalue weighted by molar-refractivity contribution is 5.97. The van der Waals surface area contributed by atoms with Crippen molar-refractivity contribution in [3.05, 3.63) is 70.8 Å². The van der Waals surface area contributed by atoms with Crippen molar-refractivity contribution in [2.75, 3.05) is 39.8 Å². The molecule has 1 aliphatic heterocycles. The topological polar surface area (TPSA) is 64.7 Å². The molecule has 0 radical (unpaired) electrons. The number of hydrogen-bond acceptors (Lipinski definition) is 4. The molecular formula is C28H38N4O2. The first-order valence-corrected chi connectivity index (χ1v) is 12.6. The maximum atomic E-state index is 13.3. The second kappa shape index (κ2) is 11.2. The predicted molar refractivity (Wildman–Crippen MR) is 136 cm³/mol. The van der Waals surface area contributed by atoms with E-state index in [2.05, 4.69) is 53.8 Å². The zero-order chi connectivity index (χ0) is 24.1. The number of aryl methyl sites for hydroxylation is 2. The van der Waals surface area contributed by atoms with Crippen LogP contribution in [0.15, 0.2) is 48.5 Å². The van der Waals surface area contributed by atoms with Gasteiger partial charge in [0.2, 0.25) is 5.91 Å². The molecule has 2 aromatic carbocycles. The molecule has 2 aromatic rings. The van der Waals surface area contributed by atoms with Gasteiger partial charge >= 0.3 is 0 Å². The van der Waals surface area contributed by atoms with Crippen LogP contribution in [0.4, 0.5) is 0 Å². The van der Waals surface area contributed by atoms with Gasteiger partial charge in [0.15, 0.2) is 0 Å². The Kier molecular flexibility index (Phi) is 8.01. The smallest absolute Gasteiger partial charge is 0.251 e. The van der Waals surface area contributed by atoms with Crippen LogP contribution < -0.4 is 10.6 Å². The number of carbonyl (C=O) groups is 2. The Morgan fingerprint density at radius 3 is 2.21 bits per heavy atom. The Morgan fingerprint density at radius 1 is 0.941 bits per heavy atom. The lowest BCUT2D eigenvalue weighted by atomic mass is 10.1. The maximum Gasteiger partial charge on any atom is 0.251 e. The van der Waals surface area contributed by atoms with Crippen LogP contribution >= 0.6 is 0 Å². The molecule has 1 saturated heterocycles. The fourth-order valence-electron chi connectivity index (χ4n) is 4.65. The van der Waals surface area contributed by atoms with Gasteiger partial charge in [0.25, 0.3) is 5.91 Å². The minimum Gasteiger partial charge on any atom is -0.340 e. The molecule has 1 saturated carbocycles. The number of likely N-dealkylation sites (N-methyl/N-ethyl adjacent to an activating group) is 1. The number of amides is 2. The predicted octanol–water partition coefficient (Wildman–Crippen LogP) is 3.10. The van der Waals surface area contributed by atoms with E-state index >= 15 is 0 Å². The first-order valence-electron chi connectivity index (χ1n) is 12.6. The molecule has 4 rings (SSSR count). The third-order valence-electron chi connectivity index (χ3n) is 7.10. The molecule has 0 aromatic heterocycles. The molecule has 2 fully saturated rings. The Hall–Kier alpha value is -2.70. The average Bonchev–Trinajstić information content (AvgIpc) is 3.61. The van der Waals surface area contributed by atoms with Gasteiger partial charge in [0.05, 0.1) is 0 Å². The number of hydrogen-bond donors (Lipinski definition) is 2. The van der Waals surface area contributed by atoms with Gasteiger partial charge in [-0.1, -0.05) is 47.5 Å². The van der Waals surface area contributed by atoms with E-state index in [4.69, 9.17) is 0 Å². The minimum absolute atomic E-state index is 0.0394. The molecule has 2 aliphatic rings. The minimum atomic E-state index is -0.494. The summed E-state index contributed by atoms with van der Waals surface area (Å²) in [7, 11) is 2.08. The first kappa shape index (κ1) is 24.4. The molecule has 34 heavy (non-hydrogen) atoms. The molecule has 0 bridgehead atoms. The lowest BCUT2D eigenvalue weighted by Gasteiger charge is -2.34. The van der Waals surface area contributed by atoms with E-state index in [1.807, 2.05) is 36.1 Å². The van der Waals surface area contributed by atoms with Crippen LogP contribution in [0.25, 0.3) is 0 Å². The Balaban J connectivity index is 1.30. The van der Waals surface area contributed by atoms with Gasteiger partial charge in [-0.3, -0.25) is 9.59 Å². The van der Waals surface area contributed by atoms with E-state index < -0.39 is 6.04 Å². The summed E-state index contributed by atoms with van der Waals surface area (Å²) >= 11 is 0. The Bertz CT molecular complexity index is 965. The van der Waals surface area contributed by atoms with E-state index in [0.29, 0.717) is 37.0 Å². The van der Waals surface area contributed by atoms with Crippen molar-refractivity contribution < 1.29 is 9.59 Å². The second-order valence-electron chi connectivity index (χ2n) is 9.98. The van der Waals surface area contributed by atoms with E-state index in [0.717, 1.165) is 38.0 Å². The van der Waals surface area contributed by atoms with Crippen LogP contribution in [-0.2, 0) is 4.79 Å². The van der Waals surface area contributed by atoms with Crippen molar-refractivity contribution in [1.29, 1.82) is 0 Å². The summed E-state index contributed by atoms with van der Waals surface area (Å²) in [5.41, 5.74) is 4.39. The fourth-order valence-corrected chi connectivity index (χ4v) is 4.65. The second-order valence-corrected chi connectivity index (χ2v) is 9.98. The van der Waals surface area contributed by atoms with Crippen LogP contribution in [0.1, 0.15) is 52.2 Å². The first-order chi connectivity index (χ1) is 16.4. The monoisotopic (exact) mass is 462 g/mol. The highest BCUT2D eigenvalue weighted by atomic mass is 16.2. The number of piperazine rings is 1. The Labute approximate surface area is 203 Å². The summed E-state index contributed by atoms with van der Waals surface area (Å²) < 4.78 is 0. The van der Waals surface area contributed by atoms with Gasteiger partial charge in [0.1, 0.15) is 6.04 Å². The number of nitrogens with one attached hydrogen (secondary N) is 2.